The van der Waals surface area contributed by atoms with Crippen LogP contribution in [-0.2, 0) is 0 Å². The fraction of sp³-hybridized carbons (Fsp3) is 0.294. The van der Waals surface area contributed by atoms with Gasteiger partial charge >= 0.3 is 0 Å². The van der Waals surface area contributed by atoms with Crippen LogP contribution in [0.1, 0.15) is 36.1 Å². The molecule has 2 nitrogen and oxygen atoms in total. The van der Waals surface area contributed by atoms with E-state index in [1.165, 1.54) is 11.1 Å². The minimum atomic E-state index is 0.127. The number of para-hydroxylation sites is 1. The van der Waals surface area contributed by atoms with Gasteiger partial charge in [-0.2, -0.15) is 0 Å². The van der Waals surface area contributed by atoms with Gasteiger partial charge in [0.25, 0.3) is 0 Å². The molecule has 0 bridgehead atoms. The highest BCUT2D eigenvalue weighted by atomic mass is 16.3. The van der Waals surface area contributed by atoms with Crippen LogP contribution in [0, 0.1) is 13.8 Å². The number of anilines is 1. The Morgan fingerprint density at radius 3 is 2.53 bits per heavy atom. The summed E-state index contributed by atoms with van der Waals surface area (Å²) in [5.41, 5.74) is 4.54. The largest absolute Gasteiger partial charge is 0.508 e. The van der Waals surface area contributed by atoms with Crippen molar-refractivity contribution in [1.29, 1.82) is 0 Å². The van der Waals surface area contributed by atoms with Crippen molar-refractivity contribution >= 4 is 5.69 Å². The number of phenols is 1. The number of phenolic OH excluding ortho intramolecular Hbond substituents is 1. The van der Waals surface area contributed by atoms with E-state index in [2.05, 4.69) is 44.3 Å². The van der Waals surface area contributed by atoms with Crippen molar-refractivity contribution in [1.82, 2.24) is 0 Å². The molecule has 0 aliphatic heterocycles. The number of benzene rings is 2. The van der Waals surface area contributed by atoms with Crippen molar-refractivity contribution in [3.05, 3.63) is 59.2 Å². The van der Waals surface area contributed by atoms with Gasteiger partial charge in [0.05, 0.1) is 6.04 Å². The number of hydrogen-bond donors (Lipinski definition) is 2. The molecular weight excluding hydrogens is 234 g/mol. The lowest BCUT2D eigenvalue weighted by molar-refractivity contribution is 0.462. The predicted molar refractivity (Wildman–Crippen MR) is 80.7 cm³/mol. The summed E-state index contributed by atoms with van der Waals surface area (Å²) in [6.07, 6.45) is 0.922. The maximum atomic E-state index is 9.97. The molecule has 0 saturated carbocycles. The van der Waals surface area contributed by atoms with Crippen LogP contribution in [-0.4, -0.2) is 5.11 Å². The number of rotatable bonds is 4. The Morgan fingerprint density at radius 1 is 1.11 bits per heavy atom. The van der Waals surface area contributed by atoms with E-state index in [1.807, 2.05) is 18.2 Å². The van der Waals surface area contributed by atoms with Gasteiger partial charge in [-0.1, -0.05) is 37.3 Å². The number of aromatic hydroxyl groups is 1. The van der Waals surface area contributed by atoms with E-state index in [-0.39, 0.29) is 6.04 Å². The molecule has 2 heteroatoms. The Kier molecular flexibility index (Phi) is 4.10. The van der Waals surface area contributed by atoms with Gasteiger partial charge in [0.2, 0.25) is 0 Å². The topological polar surface area (TPSA) is 32.3 Å². The van der Waals surface area contributed by atoms with Gasteiger partial charge in [0.1, 0.15) is 5.75 Å². The lowest BCUT2D eigenvalue weighted by Gasteiger charge is -2.21. The molecule has 0 aliphatic carbocycles. The van der Waals surface area contributed by atoms with Gasteiger partial charge in [0, 0.05) is 11.3 Å². The van der Waals surface area contributed by atoms with Gasteiger partial charge in [0.15, 0.2) is 0 Å². The SMILES string of the molecule is CCC(Nc1cc(C)ccc1C)c1ccccc1O. The monoisotopic (exact) mass is 255 g/mol. The molecule has 0 amide bonds. The minimum Gasteiger partial charge on any atom is -0.508 e. The molecule has 1 atom stereocenters. The van der Waals surface area contributed by atoms with E-state index >= 15 is 0 Å². The Labute approximate surface area is 115 Å². The molecule has 2 N–H and O–H groups in total. The van der Waals surface area contributed by atoms with E-state index in [4.69, 9.17) is 0 Å². The van der Waals surface area contributed by atoms with Gasteiger partial charge < -0.3 is 10.4 Å². The summed E-state index contributed by atoms with van der Waals surface area (Å²) >= 11 is 0. The molecule has 1 unspecified atom stereocenters. The molecule has 0 heterocycles. The molecule has 19 heavy (non-hydrogen) atoms. The highest BCUT2D eigenvalue weighted by molar-refractivity contribution is 5.54. The maximum Gasteiger partial charge on any atom is 0.120 e. The van der Waals surface area contributed by atoms with Crippen LogP contribution in [0.3, 0.4) is 0 Å². The summed E-state index contributed by atoms with van der Waals surface area (Å²) in [5.74, 6) is 0.354. The average Bonchev–Trinajstić information content (AvgIpc) is 2.41. The van der Waals surface area contributed by atoms with Crippen molar-refractivity contribution < 1.29 is 5.11 Å². The Morgan fingerprint density at radius 2 is 1.84 bits per heavy atom. The van der Waals surface area contributed by atoms with Crippen molar-refractivity contribution in [2.45, 2.75) is 33.2 Å². The Balaban J connectivity index is 2.29. The van der Waals surface area contributed by atoms with Crippen molar-refractivity contribution in [2.75, 3.05) is 5.32 Å². The maximum absolute atomic E-state index is 9.97. The fourth-order valence-electron chi connectivity index (χ4n) is 2.26. The third-order valence-electron chi connectivity index (χ3n) is 3.44. The van der Waals surface area contributed by atoms with Crippen molar-refractivity contribution in [2.24, 2.45) is 0 Å². The number of nitrogens with one attached hydrogen (secondary N) is 1. The summed E-state index contributed by atoms with van der Waals surface area (Å²) in [4.78, 5) is 0. The zero-order valence-electron chi connectivity index (χ0n) is 11.8. The second-order valence-electron chi connectivity index (χ2n) is 4.98. The second kappa shape index (κ2) is 5.79. The predicted octanol–water partition coefficient (Wildman–Crippen LogP) is 4.57. The first-order valence-electron chi connectivity index (χ1n) is 6.73. The van der Waals surface area contributed by atoms with E-state index in [9.17, 15) is 5.11 Å². The minimum absolute atomic E-state index is 0.127. The molecule has 100 valence electrons. The van der Waals surface area contributed by atoms with E-state index in [0.29, 0.717) is 5.75 Å². The van der Waals surface area contributed by atoms with Gasteiger partial charge in [-0.15, -0.1) is 0 Å². The van der Waals surface area contributed by atoms with Crippen molar-refractivity contribution in [3.8, 4) is 5.75 Å². The fourth-order valence-corrected chi connectivity index (χ4v) is 2.26. The van der Waals surface area contributed by atoms with Crippen LogP contribution >= 0.6 is 0 Å². The quantitative estimate of drug-likeness (QED) is 0.838. The van der Waals surface area contributed by atoms with E-state index in [1.54, 1.807) is 6.07 Å². The molecule has 0 aliphatic rings. The lowest BCUT2D eigenvalue weighted by atomic mass is 10.0. The summed E-state index contributed by atoms with van der Waals surface area (Å²) in [6.45, 7) is 6.31. The molecule has 0 radical (unpaired) electrons. The lowest BCUT2D eigenvalue weighted by Crippen LogP contribution is -2.10. The molecule has 0 saturated heterocycles. The van der Waals surface area contributed by atoms with Crippen LogP contribution in [0.2, 0.25) is 0 Å². The normalized spacial score (nSPS) is 12.2. The standard InChI is InChI=1S/C17H21NO/c1-4-15(14-7-5-6-8-17(14)19)18-16-11-12(2)9-10-13(16)3/h5-11,15,18-19H,4H2,1-3H3. The molecule has 0 fully saturated rings. The molecule has 0 spiro atoms. The highest BCUT2D eigenvalue weighted by Gasteiger charge is 2.13. The zero-order chi connectivity index (χ0) is 13.8. The Hall–Kier alpha value is -1.96. The highest BCUT2D eigenvalue weighted by Crippen LogP contribution is 2.30. The first-order valence-corrected chi connectivity index (χ1v) is 6.73. The van der Waals surface area contributed by atoms with Crippen LogP contribution in [0.25, 0.3) is 0 Å². The molecule has 0 aromatic heterocycles. The smallest absolute Gasteiger partial charge is 0.120 e. The first-order chi connectivity index (χ1) is 9.11. The molecule has 2 aromatic carbocycles. The van der Waals surface area contributed by atoms with E-state index in [0.717, 1.165) is 17.7 Å². The van der Waals surface area contributed by atoms with E-state index < -0.39 is 0 Å². The third kappa shape index (κ3) is 3.08. The van der Waals surface area contributed by atoms with Crippen molar-refractivity contribution in [3.63, 3.8) is 0 Å². The van der Waals surface area contributed by atoms with Crippen LogP contribution < -0.4 is 5.32 Å². The molecule has 2 aromatic rings. The summed E-state index contributed by atoms with van der Waals surface area (Å²) < 4.78 is 0. The summed E-state index contributed by atoms with van der Waals surface area (Å²) in [7, 11) is 0. The van der Waals surface area contributed by atoms with Crippen LogP contribution in [0.4, 0.5) is 5.69 Å². The summed E-state index contributed by atoms with van der Waals surface area (Å²) in [6, 6.07) is 14.0. The van der Waals surface area contributed by atoms with Gasteiger partial charge in [-0.25, -0.2) is 0 Å². The third-order valence-corrected chi connectivity index (χ3v) is 3.44. The van der Waals surface area contributed by atoms with Crippen LogP contribution in [0.5, 0.6) is 5.75 Å². The van der Waals surface area contributed by atoms with Gasteiger partial charge in [-0.05, 0) is 43.5 Å². The Bertz CT molecular complexity index is 563. The first kappa shape index (κ1) is 13.5. The zero-order valence-corrected chi connectivity index (χ0v) is 11.8. The average molecular weight is 255 g/mol. The number of hydrogen-bond acceptors (Lipinski definition) is 2. The summed E-state index contributed by atoms with van der Waals surface area (Å²) in [5, 5.41) is 13.5. The number of aryl methyl sites for hydroxylation is 2. The van der Waals surface area contributed by atoms with Gasteiger partial charge in [-0.3, -0.25) is 0 Å². The molecular formula is C17H21NO. The second-order valence-corrected chi connectivity index (χ2v) is 4.98. The molecule has 2 rings (SSSR count). The van der Waals surface area contributed by atoms with Crippen LogP contribution in [0.15, 0.2) is 42.5 Å².